The van der Waals surface area contributed by atoms with E-state index in [-0.39, 0.29) is 33.1 Å². The van der Waals surface area contributed by atoms with Gasteiger partial charge in [-0.05, 0) is 62.3 Å². The summed E-state index contributed by atoms with van der Waals surface area (Å²) in [6.45, 7) is 1.38. The van der Waals surface area contributed by atoms with Crippen molar-refractivity contribution in [3.8, 4) is 0 Å². The van der Waals surface area contributed by atoms with Crippen LogP contribution in [0.4, 0.5) is 30.8 Å². The summed E-state index contributed by atoms with van der Waals surface area (Å²) in [6, 6.07) is 8.40. The molecule has 0 saturated carbocycles. The Balaban J connectivity index is 1.29. The van der Waals surface area contributed by atoms with Gasteiger partial charge in [-0.25, -0.2) is 23.4 Å². The van der Waals surface area contributed by atoms with Crippen LogP contribution in [0.3, 0.4) is 0 Å². The van der Waals surface area contributed by atoms with Gasteiger partial charge >= 0.3 is 6.18 Å². The summed E-state index contributed by atoms with van der Waals surface area (Å²) >= 11 is 0. The Hall–Kier alpha value is -3.97. The van der Waals surface area contributed by atoms with E-state index in [0.717, 1.165) is 12.1 Å². The minimum Gasteiger partial charge on any atom is -0.369 e. The molecule has 2 aromatic carbocycles. The average Bonchev–Trinajstić information content (AvgIpc) is 3.29. The number of aromatic nitrogens is 4. The number of nitrogens with zero attached hydrogens (tertiary/aromatic N) is 3. The number of halogens is 3. The van der Waals surface area contributed by atoms with Gasteiger partial charge in [0.2, 0.25) is 5.95 Å². The Labute approximate surface area is 216 Å². The van der Waals surface area contributed by atoms with Crippen LogP contribution in [0.15, 0.2) is 53.7 Å². The first-order chi connectivity index (χ1) is 18.1. The molecule has 4 aromatic rings. The topological polar surface area (TPSA) is 139 Å². The number of rotatable bonds is 6. The molecule has 0 spiro atoms. The Morgan fingerprint density at radius 2 is 1.71 bits per heavy atom. The molecule has 0 aliphatic carbocycles. The summed E-state index contributed by atoms with van der Waals surface area (Å²) in [5.41, 5.74) is 6.72. The molecule has 13 heteroatoms. The van der Waals surface area contributed by atoms with E-state index in [2.05, 4.69) is 30.6 Å². The molecule has 5 rings (SSSR count). The average molecular weight is 544 g/mol. The second kappa shape index (κ2) is 10.1. The van der Waals surface area contributed by atoms with Gasteiger partial charge < -0.3 is 21.4 Å². The number of hydrogen-bond donors (Lipinski definition) is 4. The normalized spacial score (nSPS) is 15.3. The third-order valence-electron chi connectivity index (χ3n) is 6.25. The van der Waals surface area contributed by atoms with E-state index < -0.39 is 21.6 Å². The van der Waals surface area contributed by atoms with Crippen LogP contribution in [-0.2, 0) is 16.0 Å². The molecule has 0 bridgehead atoms. The highest BCUT2D eigenvalue weighted by Gasteiger charge is 2.32. The summed E-state index contributed by atoms with van der Waals surface area (Å²) in [5.74, 6) is 0.294. The first-order valence-corrected chi connectivity index (χ1v) is 13.3. The van der Waals surface area contributed by atoms with Crippen LogP contribution in [0.25, 0.3) is 23.2 Å². The molecule has 198 valence electrons. The van der Waals surface area contributed by atoms with Crippen molar-refractivity contribution in [2.24, 2.45) is 0 Å². The van der Waals surface area contributed by atoms with Crippen molar-refractivity contribution in [1.82, 2.24) is 25.3 Å². The molecule has 0 unspecified atom stereocenters. The van der Waals surface area contributed by atoms with Gasteiger partial charge in [0, 0.05) is 29.2 Å². The molecule has 1 aliphatic rings. The fraction of sp³-hybridized carbons (Fsp3) is 0.240. The monoisotopic (exact) mass is 543 g/mol. The van der Waals surface area contributed by atoms with E-state index in [4.69, 9.17) is 5.73 Å². The van der Waals surface area contributed by atoms with Crippen LogP contribution in [0.1, 0.15) is 29.5 Å². The number of nitrogens with two attached hydrogens (primary N) is 1. The number of piperidine rings is 1. The van der Waals surface area contributed by atoms with Crippen LogP contribution >= 0.6 is 0 Å². The van der Waals surface area contributed by atoms with E-state index in [0.29, 0.717) is 42.7 Å². The Morgan fingerprint density at radius 3 is 2.37 bits per heavy atom. The van der Waals surface area contributed by atoms with E-state index in [1.165, 1.54) is 18.5 Å². The number of nitrogen functional groups attached to an aromatic ring is 1. The summed E-state index contributed by atoms with van der Waals surface area (Å²) in [6.07, 6.45) is 2.73. The van der Waals surface area contributed by atoms with E-state index in [9.17, 15) is 21.6 Å². The van der Waals surface area contributed by atoms with Crippen LogP contribution < -0.4 is 16.4 Å². The molecule has 0 amide bonds. The fourth-order valence-electron chi connectivity index (χ4n) is 4.28. The van der Waals surface area contributed by atoms with Crippen LogP contribution in [0, 0.1) is 0 Å². The summed E-state index contributed by atoms with van der Waals surface area (Å²) in [7, 11) is -3.39. The largest absolute Gasteiger partial charge is 0.416 e. The summed E-state index contributed by atoms with van der Waals surface area (Å²) < 4.78 is 65.6. The zero-order valence-electron chi connectivity index (χ0n) is 20.0. The lowest BCUT2D eigenvalue weighted by Crippen LogP contribution is -2.35. The zero-order valence-corrected chi connectivity index (χ0v) is 20.8. The molecular weight excluding hydrogens is 519 g/mol. The van der Waals surface area contributed by atoms with Crippen LogP contribution in [0.5, 0.6) is 0 Å². The highest BCUT2D eigenvalue weighted by atomic mass is 32.2. The van der Waals surface area contributed by atoms with Gasteiger partial charge in [-0.2, -0.15) is 13.2 Å². The lowest BCUT2D eigenvalue weighted by Gasteiger charge is -2.22. The zero-order chi connectivity index (χ0) is 26.9. The molecule has 9 nitrogen and oxygen atoms in total. The maximum absolute atomic E-state index is 13.3. The van der Waals surface area contributed by atoms with Gasteiger partial charge in [-0.15, -0.1) is 0 Å². The van der Waals surface area contributed by atoms with Crippen molar-refractivity contribution in [2.45, 2.75) is 29.2 Å². The second-order valence-corrected chi connectivity index (χ2v) is 11.1. The van der Waals surface area contributed by atoms with Crippen LogP contribution in [0.2, 0.25) is 0 Å². The standard InChI is InChI=1S/C25H24F3N7O2S/c26-25(27,28)17-11-16(22-21(12-17)34-23(29)35-22)2-1-15-13-31-24(32-14-15)33-18-3-5-19(6-4-18)38(36,37)20-7-9-30-10-8-20/h1-6,11-14,20,30H,7-10H2,(H3,29,34,35)(H,31,32,33). The van der Waals surface area contributed by atoms with Gasteiger partial charge in [0.25, 0.3) is 0 Å². The summed E-state index contributed by atoms with van der Waals surface area (Å²) in [5, 5.41) is 5.79. The lowest BCUT2D eigenvalue weighted by molar-refractivity contribution is -0.137. The second-order valence-electron chi connectivity index (χ2n) is 8.90. The maximum atomic E-state index is 13.3. The van der Waals surface area contributed by atoms with Gasteiger partial charge in [0.05, 0.1) is 26.7 Å². The van der Waals surface area contributed by atoms with Crippen molar-refractivity contribution in [2.75, 3.05) is 24.1 Å². The molecule has 0 atom stereocenters. The number of aromatic amines is 1. The number of H-pyrrole nitrogens is 1. The third-order valence-corrected chi connectivity index (χ3v) is 8.53. The SMILES string of the molecule is Nc1nc2c(C=Cc3cnc(Nc4ccc(S(=O)(=O)C5CCNCC5)cc4)nc3)cc(C(F)(F)F)cc2[nH]1. The number of alkyl halides is 3. The van der Waals surface area contributed by atoms with E-state index in [1.807, 2.05) is 0 Å². The van der Waals surface area contributed by atoms with E-state index in [1.54, 1.807) is 30.3 Å². The number of anilines is 3. The van der Waals surface area contributed by atoms with Gasteiger partial charge in [-0.3, -0.25) is 0 Å². The number of fused-ring (bicyclic) bond motifs is 1. The molecule has 3 heterocycles. The minimum atomic E-state index is -4.52. The first kappa shape index (κ1) is 25.7. The third kappa shape index (κ3) is 5.48. The Morgan fingerprint density at radius 1 is 1.03 bits per heavy atom. The van der Waals surface area contributed by atoms with E-state index >= 15 is 0 Å². The Kier molecular flexibility index (Phi) is 6.80. The van der Waals surface area contributed by atoms with Gasteiger partial charge in [-0.1, -0.05) is 12.2 Å². The highest BCUT2D eigenvalue weighted by molar-refractivity contribution is 7.92. The predicted octanol–water partition coefficient (Wildman–Crippen LogP) is 4.39. The highest BCUT2D eigenvalue weighted by Crippen LogP contribution is 2.33. The Bertz CT molecular complexity index is 1580. The van der Waals surface area contributed by atoms with Crippen molar-refractivity contribution in [3.05, 3.63) is 65.5 Å². The quantitative estimate of drug-likeness (QED) is 0.281. The number of benzene rings is 2. The first-order valence-electron chi connectivity index (χ1n) is 11.8. The maximum Gasteiger partial charge on any atom is 0.416 e. The van der Waals surface area contributed by atoms with Crippen LogP contribution in [-0.4, -0.2) is 46.7 Å². The molecule has 0 radical (unpaired) electrons. The predicted molar refractivity (Wildman–Crippen MR) is 139 cm³/mol. The number of hydrogen-bond acceptors (Lipinski definition) is 8. The molecule has 5 N–H and O–H groups in total. The van der Waals surface area contributed by atoms with Gasteiger partial charge in [0.1, 0.15) is 0 Å². The molecule has 2 aromatic heterocycles. The lowest BCUT2D eigenvalue weighted by atomic mass is 10.1. The smallest absolute Gasteiger partial charge is 0.369 e. The number of nitrogens with one attached hydrogen (secondary N) is 3. The molecular formula is C25H24F3N7O2S. The van der Waals surface area contributed by atoms with Gasteiger partial charge in [0.15, 0.2) is 15.8 Å². The van der Waals surface area contributed by atoms with Crippen molar-refractivity contribution in [3.63, 3.8) is 0 Å². The summed E-state index contributed by atoms with van der Waals surface area (Å²) in [4.78, 5) is 15.5. The molecule has 1 saturated heterocycles. The number of imidazole rings is 1. The molecule has 38 heavy (non-hydrogen) atoms. The molecule has 1 fully saturated rings. The fourth-order valence-corrected chi connectivity index (χ4v) is 6.04. The van der Waals surface area contributed by atoms with Crippen molar-refractivity contribution < 1.29 is 21.6 Å². The number of sulfone groups is 1. The molecule has 1 aliphatic heterocycles. The minimum absolute atomic E-state index is 0.0182. The van der Waals surface area contributed by atoms with Crippen molar-refractivity contribution in [1.29, 1.82) is 0 Å². The van der Waals surface area contributed by atoms with Crippen molar-refractivity contribution >= 4 is 50.6 Å².